The summed E-state index contributed by atoms with van der Waals surface area (Å²) in [4.78, 5) is 13.6. The third kappa shape index (κ3) is 5.62. The van der Waals surface area contributed by atoms with Gasteiger partial charge in [-0.05, 0) is 85.7 Å². The maximum atomic E-state index is 13.6. The summed E-state index contributed by atoms with van der Waals surface area (Å²) < 4.78 is 1.79. The summed E-state index contributed by atoms with van der Waals surface area (Å²) in [5.41, 5.74) is 6.03. The molecule has 0 spiro atoms. The fourth-order valence-electron chi connectivity index (χ4n) is 4.75. The Bertz CT molecular complexity index is 1460. The molecule has 1 atom stereocenters. The summed E-state index contributed by atoms with van der Waals surface area (Å²) >= 11 is 19.1. The first-order valence-electron chi connectivity index (χ1n) is 12.3. The third-order valence-electron chi connectivity index (χ3n) is 6.62. The van der Waals surface area contributed by atoms with Crippen LogP contribution in [0.1, 0.15) is 65.1 Å². The maximum Gasteiger partial charge on any atom is 0.272 e. The third-order valence-corrected chi connectivity index (χ3v) is 7.43. The van der Waals surface area contributed by atoms with Gasteiger partial charge in [0, 0.05) is 15.6 Å². The number of halogens is 3. The molecule has 1 aromatic heterocycles. The van der Waals surface area contributed by atoms with Gasteiger partial charge < -0.3 is 5.32 Å². The molecule has 0 unspecified atom stereocenters. The summed E-state index contributed by atoms with van der Waals surface area (Å²) in [7, 11) is 0. The van der Waals surface area contributed by atoms with E-state index in [1.807, 2.05) is 61.5 Å². The molecule has 1 amide bonds. The van der Waals surface area contributed by atoms with Gasteiger partial charge in [-0.1, -0.05) is 77.3 Å². The van der Waals surface area contributed by atoms with Crippen LogP contribution in [0, 0.1) is 0 Å². The number of hydrogen-bond donors (Lipinski definition) is 1. The Balaban J connectivity index is 1.65. The molecule has 0 fully saturated rings. The molecule has 4 nitrogen and oxygen atoms in total. The van der Waals surface area contributed by atoms with Crippen molar-refractivity contribution >= 4 is 52.4 Å². The van der Waals surface area contributed by atoms with Crippen molar-refractivity contribution in [1.82, 2.24) is 15.1 Å². The predicted molar refractivity (Wildman–Crippen MR) is 153 cm³/mol. The monoisotopic (exact) mass is 549 g/mol. The summed E-state index contributed by atoms with van der Waals surface area (Å²) in [6, 6.07) is 22.7. The van der Waals surface area contributed by atoms with E-state index < -0.39 is 0 Å². The van der Waals surface area contributed by atoms with Gasteiger partial charge in [0.1, 0.15) is 0 Å². The molecule has 1 aliphatic rings. The summed E-state index contributed by atoms with van der Waals surface area (Å²) in [6.45, 7) is 1.97. The average Bonchev–Trinajstić information content (AvgIpc) is 3.16. The lowest BCUT2D eigenvalue weighted by molar-refractivity contribution is 0.0933. The van der Waals surface area contributed by atoms with Crippen LogP contribution in [0.2, 0.25) is 15.1 Å². The van der Waals surface area contributed by atoms with E-state index in [1.54, 1.807) is 22.9 Å². The van der Waals surface area contributed by atoms with Gasteiger partial charge in [-0.3, -0.25) is 4.79 Å². The highest BCUT2D eigenvalue weighted by Crippen LogP contribution is 2.37. The summed E-state index contributed by atoms with van der Waals surface area (Å²) in [5, 5.41) is 9.73. The second kappa shape index (κ2) is 11.1. The number of carbonyl (C=O) groups excluding carboxylic acids is 1. The van der Waals surface area contributed by atoms with Crippen molar-refractivity contribution in [2.75, 3.05) is 0 Å². The van der Waals surface area contributed by atoms with Crippen LogP contribution in [0.5, 0.6) is 0 Å². The number of rotatable bonds is 5. The first-order chi connectivity index (χ1) is 17.9. The van der Waals surface area contributed by atoms with Crippen LogP contribution in [-0.2, 0) is 6.42 Å². The second-order valence-electron chi connectivity index (χ2n) is 9.22. The molecule has 1 aliphatic carbocycles. The lowest BCUT2D eigenvalue weighted by Gasteiger charge is -2.14. The van der Waals surface area contributed by atoms with Crippen LogP contribution < -0.4 is 5.32 Å². The molecule has 0 saturated heterocycles. The summed E-state index contributed by atoms with van der Waals surface area (Å²) in [5.74, 6) is -0.211. The Hall–Kier alpha value is -3.05. The molecular formula is C30H26Cl3N3O. The molecule has 0 bridgehead atoms. The first-order valence-corrected chi connectivity index (χ1v) is 13.4. The highest BCUT2D eigenvalue weighted by atomic mass is 35.5. The van der Waals surface area contributed by atoms with E-state index in [0.717, 1.165) is 53.6 Å². The Morgan fingerprint density at radius 1 is 0.946 bits per heavy atom. The lowest BCUT2D eigenvalue weighted by Crippen LogP contribution is -2.28. The number of aromatic nitrogens is 2. The van der Waals surface area contributed by atoms with Gasteiger partial charge in [0.15, 0.2) is 5.69 Å². The fraction of sp³-hybridized carbons (Fsp3) is 0.200. The second-order valence-corrected chi connectivity index (χ2v) is 10.5. The Labute approximate surface area is 231 Å². The SMILES string of the molecule is C[C@H](NC(=O)c1nn(-c2cc(Cl)ccc2Cl)c2c1CCCCC2=Cc1ccc(Cl)cc1)c1ccccc1. The van der Waals surface area contributed by atoms with Crippen LogP contribution >= 0.6 is 34.8 Å². The molecule has 1 heterocycles. The summed E-state index contributed by atoms with van der Waals surface area (Å²) in [6.07, 6.45) is 5.69. The lowest BCUT2D eigenvalue weighted by atomic mass is 10.0. The van der Waals surface area contributed by atoms with Crippen molar-refractivity contribution < 1.29 is 4.79 Å². The van der Waals surface area contributed by atoms with Gasteiger partial charge in [0.2, 0.25) is 0 Å². The Morgan fingerprint density at radius 3 is 2.41 bits per heavy atom. The number of nitrogens with zero attached hydrogens (tertiary/aromatic N) is 2. The van der Waals surface area contributed by atoms with Crippen LogP contribution in [0.25, 0.3) is 17.3 Å². The van der Waals surface area contributed by atoms with Crippen molar-refractivity contribution in [3.8, 4) is 5.69 Å². The van der Waals surface area contributed by atoms with Crippen molar-refractivity contribution in [1.29, 1.82) is 0 Å². The average molecular weight is 551 g/mol. The number of fused-ring (bicyclic) bond motifs is 1. The van der Waals surface area contributed by atoms with E-state index in [-0.39, 0.29) is 11.9 Å². The van der Waals surface area contributed by atoms with Gasteiger partial charge in [-0.25, -0.2) is 4.68 Å². The molecule has 0 aliphatic heterocycles. The molecule has 0 radical (unpaired) electrons. The van der Waals surface area contributed by atoms with Crippen LogP contribution in [0.4, 0.5) is 0 Å². The minimum absolute atomic E-state index is 0.167. The smallest absolute Gasteiger partial charge is 0.272 e. The number of hydrogen-bond acceptors (Lipinski definition) is 2. The van der Waals surface area contributed by atoms with E-state index in [4.69, 9.17) is 39.9 Å². The van der Waals surface area contributed by atoms with E-state index >= 15 is 0 Å². The maximum absolute atomic E-state index is 13.6. The highest BCUT2D eigenvalue weighted by Gasteiger charge is 2.29. The zero-order valence-electron chi connectivity index (χ0n) is 20.3. The molecule has 4 aromatic rings. The molecule has 188 valence electrons. The normalized spacial score (nSPS) is 15.2. The fourth-order valence-corrected chi connectivity index (χ4v) is 5.24. The Kier molecular flexibility index (Phi) is 7.71. The van der Waals surface area contributed by atoms with Gasteiger partial charge in [0.05, 0.1) is 22.4 Å². The first kappa shape index (κ1) is 25.6. The standard InChI is InChI=1S/C30H26Cl3N3O/c1-19(21-7-3-2-4-8-21)34-30(37)28-25-10-6-5-9-22(17-20-11-13-23(31)14-12-20)29(25)36(35-28)27-18-24(32)15-16-26(27)33/h2-4,7-8,11-19H,5-6,9-10H2,1H3,(H,34,37)/t19-/m0/s1. The topological polar surface area (TPSA) is 46.9 Å². The van der Waals surface area contributed by atoms with Crippen LogP contribution in [0.3, 0.4) is 0 Å². The van der Waals surface area contributed by atoms with Crippen LogP contribution in [0.15, 0.2) is 72.8 Å². The number of amides is 1. The van der Waals surface area contributed by atoms with Crippen molar-refractivity contribution in [3.05, 3.63) is 116 Å². The molecule has 5 rings (SSSR count). The van der Waals surface area contributed by atoms with Crippen LogP contribution in [-0.4, -0.2) is 15.7 Å². The molecule has 1 N–H and O–H groups in total. The minimum Gasteiger partial charge on any atom is -0.344 e. The van der Waals surface area contributed by atoms with Gasteiger partial charge in [-0.2, -0.15) is 5.10 Å². The predicted octanol–water partition coefficient (Wildman–Crippen LogP) is 8.59. The van der Waals surface area contributed by atoms with E-state index in [1.165, 1.54) is 0 Å². The molecule has 7 heteroatoms. The highest BCUT2D eigenvalue weighted by molar-refractivity contribution is 6.34. The molecular weight excluding hydrogens is 525 g/mol. The largest absolute Gasteiger partial charge is 0.344 e. The number of nitrogens with one attached hydrogen (secondary N) is 1. The number of carbonyl (C=O) groups is 1. The Morgan fingerprint density at radius 2 is 1.65 bits per heavy atom. The zero-order chi connectivity index (χ0) is 25.9. The van der Waals surface area contributed by atoms with E-state index in [0.29, 0.717) is 26.4 Å². The van der Waals surface area contributed by atoms with E-state index in [2.05, 4.69) is 11.4 Å². The van der Waals surface area contributed by atoms with Gasteiger partial charge >= 0.3 is 0 Å². The van der Waals surface area contributed by atoms with Crippen molar-refractivity contribution in [3.63, 3.8) is 0 Å². The van der Waals surface area contributed by atoms with Crippen molar-refractivity contribution in [2.24, 2.45) is 0 Å². The van der Waals surface area contributed by atoms with Gasteiger partial charge in [0.25, 0.3) is 5.91 Å². The zero-order valence-corrected chi connectivity index (χ0v) is 22.6. The number of allylic oxidation sites excluding steroid dienone is 1. The molecule has 0 saturated carbocycles. The quantitative estimate of drug-likeness (QED) is 0.253. The van der Waals surface area contributed by atoms with Crippen molar-refractivity contribution in [2.45, 2.75) is 38.6 Å². The molecule has 3 aromatic carbocycles. The molecule has 37 heavy (non-hydrogen) atoms. The number of benzene rings is 3. The van der Waals surface area contributed by atoms with E-state index in [9.17, 15) is 4.79 Å². The minimum atomic E-state index is -0.211. The van der Waals surface area contributed by atoms with Gasteiger partial charge in [-0.15, -0.1) is 0 Å².